The summed E-state index contributed by atoms with van der Waals surface area (Å²) < 4.78 is 0. The predicted octanol–water partition coefficient (Wildman–Crippen LogP) is 3.04. The number of hydrogen-bond donors (Lipinski definition) is 4. The molecule has 4 N–H and O–H groups in total. The molecule has 0 aromatic carbocycles. The highest BCUT2D eigenvalue weighted by atomic mass is 16.4. The molecule has 0 aliphatic heterocycles. The topological polar surface area (TPSA) is 98.0 Å². The summed E-state index contributed by atoms with van der Waals surface area (Å²) in [5.41, 5.74) is 0. The maximum absolute atomic E-state index is 10.5. The molecule has 1 saturated carbocycles. The molecule has 5 atom stereocenters. The molecule has 1 fully saturated rings. The van der Waals surface area contributed by atoms with Crippen molar-refractivity contribution in [2.24, 2.45) is 11.8 Å². The lowest BCUT2D eigenvalue weighted by Gasteiger charge is -2.19. The van der Waals surface area contributed by atoms with E-state index in [0.717, 1.165) is 25.7 Å². The number of carboxylic acids is 1. The fourth-order valence-corrected chi connectivity index (χ4v) is 3.41. The first-order valence-corrected chi connectivity index (χ1v) is 9.55. The second-order valence-corrected chi connectivity index (χ2v) is 7.05. The van der Waals surface area contributed by atoms with Crippen LogP contribution >= 0.6 is 0 Å². The Labute approximate surface area is 151 Å². The number of carboxylic acid groups (broad SMARTS) is 1. The van der Waals surface area contributed by atoms with Crippen molar-refractivity contribution in [2.75, 3.05) is 0 Å². The van der Waals surface area contributed by atoms with Crippen molar-refractivity contribution in [1.29, 1.82) is 0 Å². The number of aliphatic carboxylic acids is 1. The van der Waals surface area contributed by atoms with Gasteiger partial charge in [-0.25, -0.2) is 0 Å². The number of rotatable bonds is 12. The van der Waals surface area contributed by atoms with Gasteiger partial charge in [-0.1, -0.05) is 50.5 Å². The Morgan fingerprint density at radius 2 is 1.92 bits per heavy atom. The highest BCUT2D eigenvalue weighted by molar-refractivity contribution is 5.66. The van der Waals surface area contributed by atoms with Crippen LogP contribution in [0.1, 0.15) is 64.7 Å². The molecule has 1 unspecified atom stereocenters. The van der Waals surface area contributed by atoms with Gasteiger partial charge < -0.3 is 20.4 Å². The van der Waals surface area contributed by atoms with E-state index in [0.29, 0.717) is 25.7 Å². The summed E-state index contributed by atoms with van der Waals surface area (Å²) in [4.78, 5) is 10.5. The number of carbonyl (C=O) groups is 1. The smallest absolute Gasteiger partial charge is 0.303 e. The second-order valence-electron chi connectivity index (χ2n) is 7.05. The zero-order chi connectivity index (χ0) is 18.7. The van der Waals surface area contributed by atoms with Gasteiger partial charge in [-0.3, -0.25) is 4.79 Å². The van der Waals surface area contributed by atoms with Gasteiger partial charge in [0.05, 0.1) is 18.3 Å². The van der Waals surface area contributed by atoms with Crippen LogP contribution in [0.3, 0.4) is 0 Å². The van der Waals surface area contributed by atoms with Crippen LogP contribution in [0.2, 0.25) is 0 Å². The average Bonchev–Trinajstić information content (AvgIpc) is 2.82. The van der Waals surface area contributed by atoms with Crippen molar-refractivity contribution >= 4 is 5.97 Å². The van der Waals surface area contributed by atoms with E-state index in [1.54, 1.807) is 6.08 Å². The van der Waals surface area contributed by atoms with Gasteiger partial charge >= 0.3 is 5.97 Å². The predicted molar refractivity (Wildman–Crippen MR) is 98.1 cm³/mol. The van der Waals surface area contributed by atoms with Crippen molar-refractivity contribution in [1.82, 2.24) is 0 Å². The molecular formula is C20H34O5. The van der Waals surface area contributed by atoms with E-state index in [4.69, 9.17) is 5.11 Å². The normalized spacial score (nSPS) is 28.2. The lowest BCUT2D eigenvalue weighted by molar-refractivity contribution is -0.137. The van der Waals surface area contributed by atoms with E-state index in [-0.39, 0.29) is 18.3 Å². The molecule has 0 saturated heterocycles. The minimum absolute atomic E-state index is 0.0650. The third-order valence-corrected chi connectivity index (χ3v) is 4.91. The van der Waals surface area contributed by atoms with Crippen LogP contribution in [0, 0.1) is 11.8 Å². The molecule has 0 radical (unpaired) electrons. The standard InChI is InChI=1S/C20H34O5/c1-2-3-6-9-15(21)12-13-17-16(18(22)14-19(17)23)10-7-4-5-8-11-20(24)25/h4,7,12-13,15-19,21-23H,2-3,5-6,8-11,14H2,1H3,(H,24,25)/t15?,16-,17-,18+,19-/m1/s1. The Bertz CT molecular complexity index is 432. The van der Waals surface area contributed by atoms with Gasteiger partial charge in [-0.2, -0.15) is 0 Å². The van der Waals surface area contributed by atoms with Crippen LogP contribution in [-0.2, 0) is 4.79 Å². The Morgan fingerprint density at radius 1 is 1.16 bits per heavy atom. The van der Waals surface area contributed by atoms with Gasteiger partial charge in [0.1, 0.15) is 0 Å². The molecule has 0 amide bonds. The molecule has 5 heteroatoms. The van der Waals surface area contributed by atoms with Crippen LogP contribution in [0.4, 0.5) is 0 Å². The lowest BCUT2D eigenvalue weighted by Crippen LogP contribution is -2.20. The van der Waals surface area contributed by atoms with Crippen LogP contribution < -0.4 is 0 Å². The van der Waals surface area contributed by atoms with Crippen LogP contribution in [0.5, 0.6) is 0 Å². The number of aliphatic hydroxyl groups is 3. The number of allylic oxidation sites excluding steroid dienone is 2. The summed E-state index contributed by atoms with van der Waals surface area (Å²) >= 11 is 0. The fraction of sp³-hybridized carbons (Fsp3) is 0.750. The molecule has 25 heavy (non-hydrogen) atoms. The van der Waals surface area contributed by atoms with E-state index in [9.17, 15) is 20.1 Å². The molecule has 5 nitrogen and oxygen atoms in total. The first-order valence-electron chi connectivity index (χ1n) is 9.55. The SMILES string of the molecule is CCCCCC(O)C=C[C@@H]1[C@@H](CC=CCCCC(=O)O)[C@@H](O)C[C@H]1O. The molecule has 1 aliphatic rings. The summed E-state index contributed by atoms with van der Waals surface area (Å²) in [6.45, 7) is 2.12. The van der Waals surface area contributed by atoms with Crippen molar-refractivity contribution in [3.05, 3.63) is 24.3 Å². The van der Waals surface area contributed by atoms with Gasteiger partial charge in [0, 0.05) is 18.8 Å². The molecule has 0 spiro atoms. The Morgan fingerprint density at radius 3 is 2.60 bits per heavy atom. The number of unbranched alkanes of at least 4 members (excludes halogenated alkanes) is 3. The van der Waals surface area contributed by atoms with E-state index in [2.05, 4.69) is 6.92 Å². The summed E-state index contributed by atoms with van der Waals surface area (Å²) in [5.74, 6) is -1.00. The molecule has 0 aromatic rings. The first-order chi connectivity index (χ1) is 12.0. The van der Waals surface area contributed by atoms with E-state index >= 15 is 0 Å². The van der Waals surface area contributed by atoms with Crippen LogP contribution in [-0.4, -0.2) is 44.7 Å². The molecular weight excluding hydrogens is 320 g/mol. The summed E-state index contributed by atoms with van der Waals surface area (Å²) in [7, 11) is 0. The van der Waals surface area contributed by atoms with Crippen molar-refractivity contribution in [3.63, 3.8) is 0 Å². The van der Waals surface area contributed by atoms with Crippen molar-refractivity contribution in [3.8, 4) is 0 Å². The zero-order valence-electron chi connectivity index (χ0n) is 15.3. The van der Waals surface area contributed by atoms with E-state index in [1.165, 1.54) is 0 Å². The molecule has 0 heterocycles. The first kappa shape index (κ1) is 21.9. The van der Waals surface area contributed by atoms with E-state index < -0.39 is 24.3 Å². The minimum atomic E-state index is -0.787. The second kappa shape index (κ2) is 12.2. The quantitative estimate of drug-likeness (QED) is 0.319. The van der Waals surface area contributed by atoms with E-state index in [1.807, 2.05) is 18.2 Å². The van der Waals surface area contributed by atoms with Gasteiger partial charge in [0.15, 0.2) is 0 Å². The van der Waals surface area contributed by atoms with Crippen LogP contribution in [0.15, 0.2) is 24.3 Å². The zero-order valence-corrected chi connectivity index (χ0v) is 15.3. The maximum Gasteiger partial charge on any atom is 0.303 e. The lowest BCUT2D eigenvalue weighted by atomic mass is 9.89. The van der Waals surface area contributed by atoms with Gasteiger partial charge in [-0.05, 0) is 31.6 Å². The average molecular weight is 354 g/mol. The molecule has 144 valence electrons. The van der Waals surface area contributed by atoms with Gasteiger partial charge in [0.2, 0.25) is 0 Å². The fourth-order valence-electron chi connectivity index (χ4n) is 3.41. The Hall–Kier alpha value is -1.17. The summed E-state index contributed by atoms with van der Waals surface area (Å²) in [6.07, 6.45) is 12.3. The van der Waals surface area contributed by atoms with Gasteiger partial charge in [0.25, 0.3) is 0 Å². The number of aliphatic hydroxyl groups excluding tert-OH is 3. The van der Waals surface area contributed by atoms with Gasteiger partial charge in [-0.15, -0.1) is 0 Å². The largest absolute Gasteiger partial charge is 0.481 e. The molecule has 0 bridgehead atoms. The summed E-state index contributed by atoms with van der Waals surface area (Å²) in [5, 5.41) is 39.0. The highest BCUT2D eigenvalue weighted by Crippen LogP contribution is 2.36. The van der Waals surface area contributed by atoms with Crippen molar-refractivity contribution in [2.45, 2.75) is 83.0 Å². The van der Waals surface area contributed by atoms with Crippen molar-refractivity contribution < 1.29 is 25.2 Å². The molecule has 1 rings (SSSR count). The minimum Gasteiger partial charge on any atom is -0.481 e. The van der Waals surface area contributed by atoms with Crippen LogP contribution in [0.25, 0.3) is 0 Å². The molecule has 0 aromatic heterocycles. The maximum atomic E-state index is 10.5. The highest BCUT2D eigenvalue weighted by Gasteiger charge is 2.39. The molecule has 1 aliphatic carbocycles. The monoisotopic (exact) mass is 354 g/mol. The summed E-state index contributed by atoms with van der Waals surface area (Å²) in [6, 6.07) is 0. The Balaban J connectivity index is 2.46. The third kappa shape index (κ3) is 8.66. The third-order valence-electron chi connectivity index (χ3n) is 4.91. The Kier molecular flexibility index (Phi) is 10.7. The number of hydrogen-bond acceptors (Lipinski definition) is 4.